The standard InChI is InChI=1S/C11H12N2O2.C9H11NO3.C5H5N5.C3H7NO2S/c12-9(11(14)15)5-7-6-13-10-4-2-1-3-8(7)10;10-8(9(12)13)5-6-1-3-7(11)4-2-6;6-4-3-5(9-1-7-3)10-2-8-4;4-2(1-7)3(5)6/h1-4,6,9,13H,5,12H2,(H,14,15);1-4,8,11H,5,10H2,(H,12,13);1-2H,(H3,6,7,8,9,10);2,7H,1,4H2,(H,5,6). The Bertz CT molecular complexity index is 1680. The number of carbonyl (C=O) groups is 3. The van der Waals surface area contributed by atoms with Gasteiger partial charge in [0.1, 0.15) is 35.7 Å². The van der Waals surface area contributed by atoms with Crippen molar-refractivity contribution in [3.8, 4) is 5.75 Å². The van der Waals surface area contributed by atoms with Crippen molar-refractivity contribution in [3.63, 3.8) is 0 Å². The summed E-state index contributed by atoms with van der Waals surface area (Å²) < 4.78 is 0. The first kappa shape index (κ1) is 36.0. The number of H-pyrrole nitrogens is 2. The highest BCUT2D eigenvalue weighted by atomic mass is 32.1. The summed E-state index contributed by atoms with van der Waals surface area (Å²) in [7, 11) is 0. The second-order valence-corrected chi connectivity index (χ2v) is 9.68. The zero-order valence-electron chi connectivity index (χ0n) is 23.8. The first-order chi connectivity index (χ1) is 21.3. The van der Waals surface area contributed by atoms with Crippen LogP contribution in [-0.4, -0.2) is 87.1 Å². The van der Waals surface area contributed by atoms with Crippen LogP contribution in [0.25, 0.3) is 22.1 Å². The molecule has 2 aromatic carbocycles. The van der Waals surface area contributed by atoms with E-state index < -0.39 is 36.0 Å². The van der Waals surface area contributed by atoms with E-state index in [4.69, 9.17) is 43.4 Å². The zero-order valence-corrected chi connectivity index (χ0v) is 24.7. The number of nitrogens with zero attached hydrogens (tertiary/aromatic N) is 3. The molecule has 3 aromatic heterocycles. The predicted molar refractivity (Wildman–Crippen MR) is 171 cm³/mol. The van der Waals surface area contributed by atoms with Crippen molar-refractivity contribution in [2.24, 2.45) is 17.2 Å². The summed E-state index contributed by atoms with van der Waals surface area (Å²) in [5, 5.41) is 35.2. The number of hydrogen-bond donors (Lipinski definition) is 11. The first-order valence-corrected chi connectivity index (χ1v) is 13.8. The molecular formula is C28H35N9O7S. The number of aromatic nitrogens is 5. The highest BCUT2D eigenvalue weighted by Gasteiger charge is 2.14. The maximum atomic E-state index is 10.6. The minimum Gasteiger partial charge on any atom is -0.508 e. The van der Waals surface area contributed by atoms with E-state index in [1.807, 2.05) is 30.5 Å². The maximum absolute atomic E-state index is 10.6. The van der Waals surface area contributed by atoms with Crippen molar-refractivity contribution in [3.05, 3.63) is 78.5 Å². The van der Waals surface area contributed by atoms with Crippen LogP contribution in [0.15, 0.2) is 67.4 Å². The van der Waals surface area contributed by atoms with Gasteiger partial charge < -0.3 is 53.3 Å². The molecule has 0 spiro atoms. The van der Waals surface area contributed by atoms with Crippen LogP contribution >= 0.6 is 12.6 Å². The molecule has 0 bridgehead atoms. The number of para-hydroxylation sites is 1. The lowest BCUT2D eigenvalue weighted by Gasteiger charge is -2.05. The monoisotopic (exact) mass is 641 g/mol. The van der Waals surface area contributed by atoms with E-state index in [1.54, 1.807) is 12.1 Å². The number of benzene rings is 2. The quantitative estimate of drug-likeness (QED) is 0.104. The summed E-state index contributed by atoms with van der Waals surface area (Å²) in [5.41, 5.74) is 25.3. The van der Waals surface area contributed by atoms with Gasteiger partial charge in [0.2, 0.25) is 0 Å². The Morgan fingerprint density at radius 1 is 0.800 bits per heavy atom. The molecule has 45 heavy (non-hydrogen) atoms. The van der Waals surface area contributed by atoms with Crippen molar-refractivity contribution in [2.75, 3.05) is 11.5 Å². The molecule has 3 heterocycles. The number of carboxylic acid groups (broad SMARTS) is 3. The van der Waals surface area contributed by atoms with Gasteiger partial charge in [-0.15, -0.1) is 0 Å². The van der Waals surface area contributed by atoms with E-state index in [0.29, 0.717) is 23.4 Å². The van der Waals surface area contributed by atoms with Gasteiger partial charge in [-0.3, -0.25) is 14.4 Å². The minimum atomic E-state index is -1.02. The smallest absolute Gasteiger partial charge is 0.321 e. The van der Waals surface area contributed by atoms with Crippen LogP contribution in [0.1, 0.15) is 11.1 Å². The Balaban J connectivity index is 0.000000216. The third kappa shape index (κ3) is 11.8. The molecule has 17 heteroatoms. The SMILES string of the molecule is NC(CS)C(=O)O.NC(Cc1c[nH]c2ccccc12)C(=O)O.NC(Cc1ccc(O)cc1)C(=O)O.Nc1ncnc2nc[nH]c12. The average molecular weight is 642 g/mol. The molecule has 0 amide bonds. The van der Waals surface area contributed by atoms with E-state index in [9.17, 15) is 14.4 Å². The normalized spacial score (nSPS) is 12.3. The topological polar surface area (TPSA) is 306 Å². The second-order valence-electron chi connectivity index (χ2n) is 9.31. The van der Waals surface area contributed by atoms with Gasteiger partial charge in [-0.25, -0.2) is 15.0 Å². The van der Waals surface area contributed by atoms with Gasteiger partial charge in [0.15, 0.2) is 11.5 Å². The number of phenolic OH excluding ortho intramolecular Hbond substituents is 1. The third-order valence-electron chi connectivity index (χ3n) is 5.91. The molecule has 16 nitrogen and oxygen atoms in total. The molecule has 5 aromatic rings. The van der Waals surface area contributed by atoms with Gasteiger partial charge in [0.25, 0.3) is 0 Å². The van der Waals surface area contributed by atoms with Gasteiger partial charge in [0, 0.05) is 29.3 Å². The predicted octanol–water partition coefficient (Wildman–Crippen LogP) is 0.732. The number of nitrogen functional groups attached to an aromatic ring is 1. The summed E-state index contributed by atoms with van der Waals surface area (Å²) in [6.07, 6.45) is 5.36. The van der Waals surface area contributed by atoms with Crippen LogP contribution in [0, 0.1) is 0 Å². The summed E-state index contributed by atoms with van der Waals surface area (Å²) in [4.78, 5) is 48.2. The number of aromatic amines is 2. The lowest BCUT2D eigenvalue weighted by atomic mass is 10.1. The van der Waals surface area contributed by atoms with E-state index in [1.165, 1.54) is 24.8 Å². The summed E-state index contributed by atoms with van der Waals surface area (Å²) in [5.74, 6) is -2.21. The fourth-order valence-corrected chi connectivity index (χ4v) is 3.62. The van der Waals surface area contributed by atoms with Gasteiger partial charge in [-0.2, -0.15) is 12.6 Å². The number of aromatic hydroxyl groups is 1. The van der Waals surface area contributed by atoms with E-state index in [-0.39, 0.29) is 17.9 Å². The van der Waals surface area contributed by atoms with Crippen LogP contribution in [-0.2, 0) is 27.2 Å². The molecule has 0 saturated carbocycles. The van der Waals surface area contributed by atoms with Gasteiger partial charge in [0.05, 0.1) is 6.33 Å². The molecule has 5 rings (SSSR count). The number of nitrogens with one attached hydrogen (secondary N) is 2. The van der Waals surface area contributed by atoms with Crippen LogP contribution in [0.2, 0.25) is 0 Å². The van der Waals surface area contributed by atoms with Crippen LogP contribution in [0.4, 0.5) is 5.82 Å². The summed E-state index contributed by atoms with van der Waals surface area (Å²) in [6, 6.07) is 11.5. The van der Waals surface area contributed by atoms with Gasteiger partial charge in [-0.1, -0.05) is 30.3 Å². The molecule has 0 aliphatic heterocycles. The summed E-state index contributed by atoms with van der Waals surface area (Å²) >= 11 is 3.65. The molecule has 0 aliphatic carbocycles. The Labute approximate surface area is 261 Å². The number of fused-ring (bicyclic) bond motifs is 2. The summed E-state index contributed by atoms with van der Waals surface area (Å²) in [6.45, 7) is 0. The molecule has 0 saturated heterocycles. The first-order valence-electron chi connectivity index (χ1n) is 13.1. The number of aliphatic carboxylic acids is 3. The van der Waals surface area contributed by atoms with Gasteiger partial charge >= 0.3 is 17.9 Å². The molecule has 240 valence electrons. The van der Waals surface area contributed by atoms with E-state index in [2.05, 4.69) is 37.5 Å². The Hall–Kier alpha value is -5.23. The highest BCUT2D eigenvalue weighted by molar-refractivity contribution is 7.80. The van der Waals surface area contributed by atoms with Crippen molar-refractivity contribution >= 4 is 58.4 Å². The van der Waals surface area contributed by atoms with Gasteiger partial charge in [-0.05, 0) is 35.7 Å². The third-order valence-corrected chi connectivity index (χ3v) is 6.30. The molecule has 3 unspecified atom stereocenters. The van der Waals surface area contributed by atoms with Crippen molar-refractivity contribution < 1.29 is 34.8 Å². The Morgan fingerprint density at radius 3 is 1.96 bits per heavy atom. The number of nitrogens with two attached hydrogens (primary N) is 4. The minimum absolute atomic E-state index is 0.160. The van der Waals surface area contributed by atoms with Crippen molar-refractivity contribution in [1.82, 2.24) is 24.9 Å². The van der Waals surface area contributed by atoms with Crippen LogP contribution in [0.3, 0.4) is 0 Å². The Kier molecular flexibility index (Phi) is 14.2. The number of hydrogen-bond acceptors (Lipinski definition) is 12. The fourth-order valence-electron chi connectivity index (χ4n) is 3.46. The maximum Gasteiger partial charge on any atom is 0.321 e. The number of rotatable bonds is 8. The number of thiol groups is 1. The fraction of sp³-hybridized carbons (Fsp3) is 0.214. The highest BCUT2D eigenvalue weighted by Crippen LogP contribution is 2.18. The van der Waals surface area contributed by atoms with Crippen LogP contribution < -0.4 is 22.9 Å². The zero-order chi connectivity index (χ0) is 33.5. The lowest BCUT2D eigenvalue weighted by molar-refractivity contribution is -0.139. The van der Waals surface area contributed by atoms with Crippen molar-refractivity contribution in [2.45, 2.75) is 31.0 Å². The molecule has 14 N–H and O–H groups in total. The van der Waals surface area contributed by atoms with E-state index >= 15 is 0 Å². The van der Waals surface area contributed by atoms with Crippen LogP contribution in [0.5, 0.6) is 5.75 Å². The lowest BCUT2D eigenvalue weighted by Crippen LogP contribution is -2.32. The molecule has 3 atom stereocenters. The average Bonchev–Trinajstić information content (AvgIpc) is 3.67. The number of phenols is 1. The molecule has 0 aliphatic rings. The number of imidazole rings is 1. The largest absolute Gasteiger partial charge is 0.508 e. The van der Waals surface area contributed by atoms with Crippen molar-refractivity contribution in [1.29, 1.82) is 0 Å². The number of carboxylic acids is 3. The molecule has 0 fully saturated rings. The second kappa shape index (κ2) is 17.8. The number of anilines is 1. The Morgan fingerprint density at radius 2 is 1.40 bits per heavy atom. The van der Waals surface area contributed by atoms with E-state index in [0.717, 1.165) is 22.0 Å². The molecule has 0 radical (unpaired) electrons. The molecular weight excluding hydrogens is 606 g/mol.